The van der Waals surface area contributed by atoms with E-state index in [4.69, 9.17) is 0 Å². The Labute approximate surface area is 140 Å². The van der Waals surface area contributed by atoms with Gasteiger partial charge >= 0.3 is 6.03 Å². The first-order valence-corrected chi connectivity index (χ1v) is 8.05. The molecule has 24 heavy (non-hydrogen) atoms. The lowest BCUT2D eigenvalue weighted by Crippen LogP contribution is -2.42. The van der Waals surface area contributed by atoms with E-state index in [1.807, 2.05) is 30.3 Å². The van der Waals surface area contributed by atoms with E-state index in [0.29, 0.717) is 31.5 Å². The number of halogens is 1. The predicted octanol–water partition coefficient (Wildman–Crippen LogP) is 3.95. The van der Waals surface area contributed by atoms with E-state index >= 15 is 0 Å². The molecule has 0 aromatic heterocycles. The number of carbonyl (C=O) groups is 2. The number of nitrogens with one attached hydrogen (secondary N) is 1. The van der Waals surface area contributed by atoms with E-state index in [2.05, 4.69) is 5.32 Å². The summed E-state index contributed by atoms with van der Waals surface area (Å²) in [5.41, 5.74) is 0.886. The van der Waals surface area contributed by atoms with Gasteiger partial charge in [-0.1, -0.05) is 42.5 Å². The predicted molar refractivity (Wildman–Crippen MR) is 90.5 cm³/mol. The van der Waals surface area contributed by atoms with Crippen LogP contribution < -0.4 is 5.32 Å². The van der Waals surface area contributed by atoms with Gasteiger partial charge in [-0.05, 0) is 25.0 Å². The van der Waals surface area contributed by atoms with Crippen LogP contribution in [-0.2, 0) is 0 Å². The van der Waals surface area contributed by atoms with Crippen molar-refractivity contribution in [3.63, 3.8) is 0 Å². The van der Waals surface area contributed by atoms with Crippen molar-refractivity contribution in [3.8, 4) is 0 Å². The van der Waals surface area contributed by atoms with Crippen LogP contribution >= 0.6 is 0 Å². The fourth-order valence-corrected chi connectivity index (χ4v) is 2.94. The van der Waals surface area contributed by atoms with E-state index in [9.17, 15) is 14.0 Å². The van der Waals surface area contributed by atoms with Gasteiger partial charge in [0.05, 0.1) is 5.69 Å². The summed E-state index contributed by atoms with van der Waals surface area (Å²) in [5, 5.41) is 2.58. The second-order valence-electron chi connectivity index (χ2n) is 5.90. The van der Waals surface area contributed by atoms with Crippen LogP contribution in [0.25, 0.3) is 0 Å². The number of hydrogen-bond donors (Lipinski definition) is 1. The monoisotopic (exact) mass is 326 g/mol. The summed E-state index contributed by atoms with van der Waals surface area (Å²) in [4.78, 5) is 26.3. The van der Waals surface area contributed by atoms with Crippen LogP contribution in [0.3, 0.4) is 0 Å². The number of Topliss-reactive ketones (excluding diaryl/α,β-unsaturated/α-hetero) is 1. The van der Waals surface area contributed by atoms with Crippen LogP contribution in [-0.4, -0.2) is 29.8 Å². The number of rotatable bonds is 3. The van der Waals surface area contributed by atoms with Gasteiger partial charge in [0.15, 0.2) is 5.78 Å². The average Bonchev–Trinajstić information content (AvgIpc) is 2.64. The van der Waals surface area contributed by atoms with Gasteiger partial charge in [-0.3, -0.25) is 4.79 Å². The summed E-state index contributed by atoms with van der Waals surface area (Å²) in [7, 11) is 0. The Morgan fingerprint density at radius 2 is 1.58 bits per heavy atom. The molecule has 0 saturated carbocycles. The molecular formula is C19H19FN2O2. The van der Waals surface area contributed by atoms with Crippen molar-refractivity contribution >= 4 is 17.5 Å². The third-order valence-electron chi connectivity index (χ3n) is 4.33. The molecule has 1 fully saturated rings. The minimum atomic E-state index is -0.458. The number of likely N-dealkylation sites (tertiary alicyclic amines) is 1. The minimum absolute atomic E-state index is 0.0649. The molecule has 0 unspecified atom stereocenters. The molecule has 2 aromatic carbocycles. The SMILES string of the molecule is O=C(c1ccccc1)C1CCN(C(=O)Nc2ccccc2F)CC1. The van der Waals surface area contributed by atoms with Gasteiger partial charge in [0.2, 0.25) is 0 Å². The molecule has 0 bridgehead atoms. The maximum absolute atomic E-state index is 13.6. The van der Waals surface area contributed by atoms with E-state index < -0.39 is 5.82 Å². The largest absolute Gasteiger partial charge is 0.324 e. The summed E-state index contributed by atoms with van der Waals surface area (Å²) >= 11 is 0. The molecule has 4 nitrogen and oxygen atoms in total. The normalized spacial score (nSPS) is 15.1. The number of para-hydroxylation sites is 1. The zero-order chi connectivity index (χ0) is 16.9. The molecule has 1 N–H and O–H groups in total. The van der Waals surface area contributed by atoms with Crippen molar-refractivity contribution < 1.29 is 14.0 Å². The zero-order valence-corrected chi connectivity index (χ0v) is 13.2. The fourth-order valence-electron chi connectivity index (χ4n) is 2.94. The van der Waals surface area contributed by atoms with E-state index in [1.54, 1.807) is 17.0 Å². The van der Waals surface area contributed by atoms with Crippen LogP contribution in [0.15, 0.2) is 54.6 Å². The molecule has 2 amide bonds. The minimum Gasteiger partial charge on any atom is -0.324 e. The molecule has 0 aliphatic carbocycles. The number of hydrogen-bond acceptors (Lipinski definition) is 2. The summed E-state index contributed by atoms with van der Waals surface area (Å²) in [6, 6.07) is 15.0. The quantitative estimate of drug-likeness (QED) is 0.868. The lowest BCUT2D eigenvalue weighted by molar-refractivity contribution is 0.0859. The first kappa shape index (κ1) is 16.2. The lowest BCUT2D eigenvalue weighted by atomic mass is 9.89. The number of carbonyl (C=O) groups excluding carboxylic acids is 2. The smallest absolute Gasteiger partial charge is 0.321 e. The molecule has 1 heterocycles. The summed E-state index contributed by atoms with van der Waals surface area (Å²) in [6.45, 7) is 0.979. The molecule has 0 atom stereocenters. The fraction of sp³-hybridized carbons (Fsp3) is 0.263. The number of benzene rings is 2. The Kier molecular flexibility index (Phi) is 4.89. The van der Waals surface area contributed by atoms with Crippen LogP contribution in [0.4, 0.5) is 14.9 Å². The molecule has 0 spiro atoms. The Balaban J connectivity index is 1.56. The summed E-state index contributed by atoms with van der Waals surface area (Å²) in [5.74, 6) is -0.394. The molecule has 1 saturated heterocycles. The molecule has 1 aliphatic rings. The van der Waals surface area contributed by atoms with Crippen molar-refractivity contribution in [2.75, 3.05) is 18.4 Å². The summed E-state index contributed by atoms with van der Waals surface area (Å²) < 4.78 is 13.6. The topological polar surface area (TPSA) is 49.4 Å². The molecular weight excluding hydrogens is 307 g/mol. The molecule has 0 radical (unpaired) electrons. The highest BCUT2D eigenvalue weighted by atomic mass is 19.1. The number of urea groups is 1. The number of amides is 2. The molecule has 124 valence electrons. The molecule has 1 aliphatic heterocycles. The van der Waals surface area contributed by atoms with E-state index in [0.717, 1.165) is 0 Å². The molecule has 2 aromatic rings. The Hall–Kier alpha value is -2.69. The van der Waals surface area contributed by atoms with Crippen molar-refractivity contribution in [2.24, 2.45) is 5.92 Å². The molecule has 5 heteroatoms. The van der Waals surface area contributed by atoms with Crippen LogP contribution in [0, 0.1) is 11.7 Å². The van der Waals surface area contributed by atoms with Gasteiger partial charge in [0, 0.05) is 24.6 Å². The van der Waals surface area contributed by atoms with Crippen molar-refractivity contribution in [1.82, 2.24) is 4.90 Å². The number of nitrogens with zero attached hydrogens (tertiary/aromatic N) is 1. The second kappa shape index (κ2) is 7.25. The lowest BCUT2D eigenvalue weighted by Gasteiger charge is -2.31. The number of piperidine rings is 1. The second-order valence-corrected chi connectivity index (χ2v) is 5.90. The third-order valence-corrected chi connectivity index (χ3v) is 4.33. The van der Waals surface area contributed by atoms with Crippen molar-refractivity contribution in [3.05, 3.63) is 66.0 Å². The average molecular weight is 326 g/mol. The third kappa shape index (κ3) is 3.62. The highest BCUT2D eigenvalue weighted by Gasteiger charge is 2.28. The van der Waals surface area contributed by atoms with Crippen LogP contribution in [0.2, 0.25) is 0 Å². The Morgan fingerprint density at radius 1 is 0.958 bits per heavy atom. The van der Waals surface area contributed by atoms with Crippen molar-refractivity contribution in [2.45, 2.75) is 12.8 Å². The standard InChI is InChI=1S/C19H19FN2O2/c20-16-8-4-5-9-17(16)21-19(24)22-12-10-15(11-13-22)18(23)14-6-2-1-3-7-14/h1-9,15H,10-13H2,(H,21,24). The highest BCUT2D eigenvalue weighted by Crippen LogP contribution is 2.22. The van der Waals surface area contributed by atoms with E-state index in [1.165, 1.54) is 12.1 Å². The van der Waals surface area contributed by atoms with Gasteiger partial charge in [0.1, 0.15) is 5.82 Å². The van der Waals surface area contributed by atoms with Crippen molar-refractivity contribution in [1.29, 1.82) is 0 Å². The first-order chi connectivity index (χ1) is 11.6. The van der Waals surface area contributed by atoms with Crippen LogP contribution in [0.5, 0.6) is 0 Å². The first-order valence-electron chi connectivity index (χ1n) is 8.05. The number of ketones is 1. The maximum atomic E-state index is 13.6. The molecule has 3 rings (SSSR count). The van der Waals surface area contributed by atoms with E-state index in [-0.39, 0.29) is 23.4 Å². The van der Waals surface area contributed by atoms with Gasteiger partial charge in [-0.2, -0.15) is 0 Å². The summed E-state index contributed by atoms with van der Waals surface area (Å²) in [6.07, 6.45) is 1.25. The Morgan fingerprint density at radius 3 is 2.25 bits per heavy atom. The van der Waals surface area contributed by atoms with Gasteiger partial charge in [0.25, 0.3) is 0 Å². The van der Waals surface area contributed by atoms with Gasteiger partial charge in [-0.15, -0.1) is 0 Å². The number of anilines is 1. The van der Waals surface area contributed by atoms with Gasteiger partial charge < -0.3 is 10.2 Å². The zero-order valence-electron chi connectivity index (χ0n) is 13.2. The highest BCUT2D eigenvalue weighted by molar-refractivity contribution is 5.98. The van der Waals surface area contributed by atoms with Crippen LogP contribution in [0.1, 0.15) is 23.2 Å². The van der Waals surface area contributed by atoms with Gasteiger partial charge in [-0.25, -0.2) is 9.18 Å². The Bertz CT molecular complexity index is 725. The maximum Gasteiger partial charge on any atom is 0.321 e.